The Balaban J connectivity index is 1.36. The van der Waals surface area contributed by atoms with Gasteiger partial charge in [-0.25, -0.2) is 24.3 Å². The van der Waals surface area contributed by atoms with Crippen molar-refractivity contribution >= 4 is 36.5 Å². The van der Waals surface area contributed by atoms with Gasteiger partial charge in [0.15, 0.2) is 23.9 Å². The number of phosphoric acid groups is 1. The van der Waals surface area contributed by atoms with Crippen LogP contribution < -0.4 is 17.2 Å². The first-order chi connectivity index (χ1) is 32.2. The van der Waals surface area contributed by atoms with Crippen LogP contribution in [-0.4, -0.2) is 121 Å². The Kier molecular flexibility index (Phi) is 21.9. The third-order valence-corrected chi connectivity index (χ3v) is 13.7. The van der Waals surface area contributed by atoms with E-state index in [0.29, 0.717) is 24.1 Å². The van der Waals surface area contributed by atoms with Crippen LogP contribution in [0, 0.1) is 5.92 Å². The molecule has 0 radical (unpaired) electrons. The van der Waals surface area contributed by atoms with E-state index in [1.807, 2.05) is 13.8 Å². The summed E-state index contributed by atoms with van der Waals surface area (Å²) < 4.78 is 58.9. The molecule has 0 spiro atoms. The lowest BCUT2D eigenvalue weighted by atomic mass is 9.93. The molecule has 5 N–H and O–H groups in total. The molecule has 0 aromatic carbocycles. The number of carbonyl (C=O) groups is 1. The first-order valence-electron chi connectivity index (χ1n) is 24.4. The zero-order valence-electron chi connectivity index (χ0n) is 40.8. The van der Waals surface area contributed by atoms with Gasteiger partial charge < -0.3 is 44.9 Å². The normalized spacial score (nSPS) is 24.0. The quantitative estimate of drug-likeness (QED) is 0.0429. The van der Waals surface area contributed by atoms with Crippen molar-refractivity contribution < 1.29 is 47.0 Å². The summed E-state index contributed by atoms with van der Waals surface area (Å²) in [5, 5.41) is 0. The van der Waals surface area contributed by atoms with Gasteiger partial charge in [-0.3, -0.25) is 23.0 Å². The molecule has 0 aliphatic carbocycles. The number of nitrogens with zero attached hydrogens (tertiary/aromatic N) is 7. The highest BCUT2D eigenvalue weighted by Crippen LogP contribution is 2.50. The van der Waals surface area contributed by atoms with E-state index in [2.05, 4.69) is 26.9 Å². The van der Waals surface area contributed by atoms with Gasteiger partial charge in [0.1, 0.15) is 42.1 Å². The first-order valence-corrected chi connectivity index (χ1v) is 25.9. The maximum absolute atomic E-state index is 15.0. The van der Waals surface area contributed by atoms with E-state index in [1.165, 1.54) is 114 Å². The van der Waals surface area contributed by atoms with Crippen LogP contribution >= 0.6 is 7.82 Å². The Labute approximate surface area is 395 Å². The van der Waals surface area contributed by atoms with Crippen LogP contribution in [0.3, 0.4) is 0 Å². The smallest absolute Gasteiger partial charge is 0.383 e. The number of aromatic nitrogens is 6. The molecule has 0 bridgehead atoms. The number of unbranched alkanes of at least 4 members (excludes halogenated alkanes) is 14. The molecule has 2 aliphatic rings. The standard InChI is InChI=1S/C46H78N9O11P/c1-8-9-10-11-12-13-14-15-16-17-18-19-20-21-22-24-53(37(56)26-33-35(28-62-31(2)3)64-44(39(33)60-6)54-25-23-36(47)52-46(54)57)27-34-40(66-67(58,59)65-32(4)5)41(61-7)45(63-34)55-30-51-38-42(48)49-29-50-43(38)55/h23,25,29-35,39-41,44-45H,8-22,24,26-28H2,1-7H3,(H,58,59)(H2,47,52,57)(H2,48,49,50)/t33-,34-,35-,39-,40-,41-,44-,45-/m1/s1. The van der Waals surface area contributed by atoms with Crippen LogP contribution in [0.1, 0.15) is 150 Å². The minimum atomic E-state index is -4.69. The Morgan fingerprint density at radius 3 is 2.00 bits per heavy atom. The van der Waals surface area contributed by atoms with Crippen molar-refractivity contribution in [3.05, 3.63) is 35.4 Å². The van der Waals surface area contributed by atoms with Gasteiger partial charge in [-0.15, -0.1) is 0 Å². The number of anilines is 2. The van der Waals surface area contributed by atoms with Crippen LogP contribution in [0.15, 0.2) is 29.7 Å². The number of hydrogen-bond donors (Lipinski definition) is 3. The predicted molar refractivity (Wildman–Crippen MR) is 254 cm³/mol. The second-order valence-corrected chi connectivity index (χ2v) is 19.7. The van der Waals surface area contributed by atoms with E-state index >= 15 is 0 Å². The lowest BCUT2D eigenvalue weighted by molar-refractivity contribution is -0.137. The lowest BCUT2D eigenvalue weighted by Gasteiger charge is -2.31. The zero-order valence-corrected chi connectivity index (χ0v) is 41.7. The molecule has 5 rings (SSSR count). The molecule has 20 nitrogen and oxygen atoms in total. The number of hydrogen-bond acceptors (Lipinski definition) is 16. The SMILES string of the molecule is CCCCCCCCCCCCCCCCCN(C[C@H]1O[C@@H](n2cnc3c(N)ncnc32)[C@H](OC)[C@@H]1OP(=O)(O)OC(C)C)C(=O)C[C@H]1[C@@H](OC)[C@H](n2ccc(N)nc2=O)O[C@@H]1COC(C)C. The molecule has 1 amide bonds. The molecular formula is C46H78N9O11P. The average Bonchev–Trinajstić information content (AvgIpc) is 3.96. The summed E-state index contributed by atoms with van der Waals surface area (Å²) >= 11 is 0. The summed E-state index contributed by atoms with van der Waals surface area (Å²) in [4.78, 5) is 57.5. The molecule has 5 heterocycles. The number of nitrogen functional groups attached to an aromatic ring is 2. The molecule has 0 saturated carbocycles. The van der Waals surface area contributed by atoms with Gasteiger partial charge in [0.2, 0.25) is 5.91 Å². The third kappa shape index (κ3) is 15.7. The number of fused-ring (bicyclic) bond motifs is 1. The van der Waals surface area contributed by atoms with Crippen molar-refractivity contribution in [2.45, 2.75) is 193 Å². The lowest BCUT2D eigenvalue weighted by Crippen LogP contribution is -2.46. The number of carbonyl (C=O) groups excluding carboxylic acids is 1. The summed E-state index contributed by atoms with van der Waals surface area (Å²) in [6.07, 6.45) is 14.9. The molecule has 2 fully saturated rings. The largest absolute Gasteiger partial charge is 0.472 e. The van der Waals surface area contributed by atoms with Crippen LogP contribution in [0.5, 0.6) is 0 Å². The van der Waals surface area contributed by atoms with Crippen molar-refractivity contribution in [2.75, 3.05) is 45.4 Å². The Morgan fingerprint density at radius 1 is 0.821 bits per heavy atom. The zero-order chi connectivity index (χ0) is 48.5. The number of nitrogens with two attached hydrogens (primary N) is 2. The fourth-order valence-electron chi connectivity index (χ4n) is 9.11. The molecule has 1 unspecified atom stereocenters. The number of amides is 1. The molecular weight excluding hydrogens is 886 g/mol. The third-order valence-electron chi connectivity index (χ3n) is 12.5. The molecule has 9 atom stereocenters. The van der Waals surface area contributed by atoms with E-state index in [1.54, 1.807) is 23.3 Å². The van der Waals surface area contributed by atoms with E-state index < -0.39 is 68.5 Å². The van der Waals surface area contributed by atoms with Crippen molar-refractivity contribution in [3.63, 3.8) is 0 Å². The molecule has 3 aromatic rings. The molecule has 2 saturated heterocycles. The number of phosphoric ester groups is 1. The highest BCUT2D eigenvalue weighted by molar-refractivity contribution is 7.47. The summed E-state index contributed by atoms with van der Waals surface area (Å²) in [6.45, 7) is 9.74. The first kappa shape index (κ1) is 54.4. The Bertz CT molecular complexity index is 2060. The molecule has 21 heteroatoms. The van der Waals surface area contributed by atoms with E-state index in [-0.39, 0.29) is 43.2 Å². The fraction of sp³-hybridized carbons (Fsp3) is 0.783. The van der Waals surface area contributed by atoms with Gasteiger partial charge in [-0.1, -0.05) is 96.8 Å². The van der Waals surface area contributed by atoms with Gasteiger partial charge in [0.05, 0.1) is 31.2 Å². The van der Waals surface area contributed by atoms with Crippen LogP contribution in [0.2, 0.25) is 0 Å². The highest BCUT2D eigenvalue weighted by atomic mass is 31.2. The van der Waals surface area contributed by atoms with Gasteiger partial charge in [-0.2, -0.15) is 4.98 Å². The van der Waals surface area contributed by atoms with E-state index in [4.69, 9.17) is 44.2 Å². The Morgan fingerprint density at radius 2 is 1.42 bits per heavy atom. The summed E-state index contributed by atoms with van der Waals surface area (Å²) in [6, 6.07) is 1.50. The summed E-state index contributed by atoms with van der Waals surface area (Å²) in [7, 11) is -1.74. The molecule has 3 aromatic heterocycles. The van der Waals surface area contributed by atoms with Gasteiger partial charge in [0, 0.05) is 45.8 Å². The summed E-state index contributed by atoms with van der Waals surface area (Å²) in [5.41, 5.74) is 12.0. The molecule has 378 valence electrons. The predicted octanol–water partition coefficient (Wildman–Crippen LogP) is 7.11. The van der Waals surface area contributed by atoms with E-state index in [9.17, 15) is 19.0 Å². The molecule has 67 heavy (non-hydrogen) atoms. The van der Waals surface area contributed by atoms with Gasteiger partial charge >= 0.3 is 13.5 Å². The monoisotopic (exact) mass is 964 g/mol. The van der Waals surface area contributed by atoms with Gasteiger partial charge in [0.25, 0.3) is 0 Å². The van der Waals surface area contributed by atoms with Crippen molar-refractivity contribution in [1.29, 1.82) is 0 Å². The van der Waals surface area contributed by atoms with Crippen LogP contribution in [-0.2, 0) is 42.1 Å². The topological polar surface area (TPSA) is 253 Å². The molecule has 2 aliphatic heterocycles. The van der Waals surface area contributed by atoms with Crippen molar-refractivity contribution in [1.82, 2.24) is 34.0 Å². The second kappa shape index (κ2) is 27.0. The second-order valence-electron chi connectivity index (χ2n) is 18.4. The number of methoxy groups -OCH3 is 2. The summed E-state index contributed by atoms with van der Waals surface area (Å²) in [5.74, 6) is -0.592. The maximum atomic E-state index is 15.0. The Hall–Kier alpha value is -3.59. The number of ether oxygens (including phenoxy) is 5. The number of rotatable bonds is 31. The van der Waals surface area contributed by atoms with Crippen LogP contribution in [0.4, 0.5) is 11.6 Å². The van der Waals surface area contributed by atoms with Crippen LogP contribution in [0.25, 0.3) is 11.2 Å². The average molecular weight is 964 g/mol. The van der Waals surface area contributed by atoms with Crippen molar-refractivity contribution in [3.8, 4) is 0 Å². The minimum Gasteiger partial charge on any atom is -0.383 e. The number of imidazole rings is 1. The van der Waals surface area contributed by atoms with Gasteiger partial charge in [-0.05, 0) is 40.2 Å². The van der Waals surface area contributed by atoms with Crippen molar-refractivity contribution in [2.24, 2.45) is 5.92 Å². The fourth-order valence-corrected chi connectivity index (χ4v) is 10.3. The highest BCUT2D eigenvalue weighted by Gasteiger charge is 2.52. The maximum Gasteiger partial charge on any atom is 0.472 e. The van der Waals surface area contributed by atoms with E-state index in [0.717, 1.165) is 19.3 Å². The minimum absolute atomic E-state index is 0.0486.